The molecule has 0 saturated carbocycles. The highest BCUT2D eigenvalue weighted by molar-refractivity contribution is 7.97. The van der Waals surface area contributed by atoms with Crippen LogP contribution in [0.5, 0.6) is 5.75 Å². The molecule has 0 spiro atoms. The summed E-state index contributed by atoms with van der Waals surface area (Å²) in [6, 6.07) is 3.18. The Morgan fingerprint density at radius 1 is 1.41 bits per heavy atom. The molecule has 0 radical (unpaired) electrons. The molecule has 17 heavy (non-hydrogen) atoms. The van der Waals surface area contributed by atoms with Crippen LogP contribution in [-0.4, -0.2) is 11.6 Å². The summed E-state index contributed by atoms with van der Waals surface area (Å²) in [6.07, 6.45) is 8.25. The molecule has 1 aliphatic carbocycles. The van der Waals surface area contributed by atoms with Gasteiger partial charge in [0.15, 0.2) is 5.75 Å². The molecule has 1 aliphatic rings. The first-order chi connectivity index (χ1) is 8.29. The van der Waals surface area contributed by atoms with Crippen LogP contribution in [0.3, 0.4) is 0 Å². The SMILES string of the molecule is NSc1ccc(OCC2=CCCC=C2)c(F)n1. The standard InChI is InChI=1S/C12H13FN2OS/c13-12-10(6-7-11(15-12)17-14)16-8-9-4-2-1-3-5-9/h2,4-7H,1,3,8,14H2. The number of ether oxygens (including phenoxy) is 1. The van der Waals surface area contributed by atoms with Gasteiger partial charge in [0.1, 0.15) is 11.6 Å². The van der Waals surface area contributed by atoms with E-state index in [1.54, 1.807) is 12.1 Å². The van der Waals surface area contributed by atoms with Gasteiger partial charge < -0.3 is 4.74 Å². The second-order valence-corrected chi connectivity index (χ2v) is 4.26. The van der Waals surface area contributed by atoms with Crippen molar-refractivity contribution in [2.75, 3.05) is 6.61 Å². The van der Waals surface area contributed by atoms with Crippen molar-refractivity contribution in [3.05, 3.63) is 41.9 Å². The highest BCUT2D eigenvalue weighted by atomic mass is 32.2. The number of hydrogen-bond acceptors (Lipinski definition) is 4. The third kappa shape index (κ3) is 3.31. The molecule has 2 N–H and O–H groups in total. The third-order valence-corrected chi connectivity index (χ3v) is 2.84. The van der Waals surface area contributed by atoms with Gasteiger partial charge in [0.05, 0.1) is 0 Å². The first-order valence-corrected chi connectivity index (χ1v) is 6.19. The van der Waals surface area contributed by atoms with E-state index < -0.39 is 5.95 Å². The van der Waals surface area contributed by atoms with E-state index >= 15 is 0 Å². The average Bonchev–Trinajstić information content (AvgIpc) is 2.38. The number of nitrogens with two attached hydrogens (primary N) is 1. The highest BCUT2D eigenvalue weighted by Gasteiger charge is 2.07. The molecule has 0 aliphatic heterocycles. The molecule has 5 heteroatoms. The Balaban J connectivity index is 1.99. The lowest BCUT2D eigenvalue weighted by Gasteiger charge is -2.10. The average molecular weight is 252 g/mol. The molecule has 0 bridgehead atoms. The van der Waals surface area contributed by atoms with Gasteiger partial charge >= 0.3 is 0 Å². The van der Waals surface area contributed by atoms with Crippen LogP contribution >= 0.6 is 11.9 Å². The van der Waals surface area contributed by atoms with Crippen molar-refractivity contribution in [3.63, 3.8) is 0 Å². The first-order valence-electron chi connectivity index (χ1n) is 5.31. The van der Waals surface area contributed by atoms with Crippen LogP contribution in [0, 0.1) is 5.95 Å². The molecule has 0 aromatic carbocycles. The summed E-state index contributed by atoms with van der Waals surface area (Å²) >= 11 is 0.909. The van der Waals surface area contributed by atoms with Gasteiger partial charge in [-0.05, 0) is 42.5 Å². The van der Waals surface area contributed by atoms with Gasteiger partial charge in [-0.1, -0.05) is 18.2 Å². The monoisotopic (exact) mass is 252 g/mol. The predicted molar refractivity (Wildman–Crippen MR) is 66.2 cm³/mol. The number of aromatic nitrogens is 1. The maximum atomic E-state index is 13.4. The first kappa shape index (κ1) is 12.1. The summed E-state index contributed by atoms with van der Waals surface area (Å²) in [5.41, 5.74) is 1.06. The molecule has 0 fully saturated rings. The summed E-state index contributed by atoms with van der Waals surface area (Å²) < 4.78 is 18.8. The Hall–Kier alpha value is -1.33. The van der Waals surface area contributed by atoms with E-state index in [9.17, 15) is 4.39 Å². The van der Waals surface area contributed by atoms with Gasteiger partial charge in [-0.3, -0.25) is 5.14 Å². The van der Waals surface area contributed by atoms with Crippen molar-refractivity contribution in [1.29, 1.82) is 0 Å². The van der Waals surface area contributed by atoms with Crippen molar-refractivity contribution in [1.82, 2.24) is 4.98 Å². The minimum absolute atomic E-state index is 0.155. The second-order valence-electron chi connectivity index (χ2n) is 3.60. The summed E-state index contributed by atoms with van der Waals surface area (Å²) in [4.78, 5) is 3.66. The predicted octanol–water partition coefficient (Wildman–Crippen LogP) is 2.84. The molecule has 1 heterocycles. The van der Waals surface area contributed by atoms with E-state index in [0.717, 1.165) is 30.4 Å². The summed E-state index contributed by atoms with van der Waals surface area (Å²) in [6.45, 7) is 0.365. The molecular weight excluding hydrogens is 239 g/mol. The fraction of sp³-hybridized carbons (Fsp3) is 0.250. The van der Waals surface area contributed by atoms with Crippen LogP contribution < -0.4 is 9.88 Å². The second kappa shape index (κ2) is 5.84. The smallest absolute Gasteiger partial charge is 0.256 e. The molecule has 1 aromatic rings. The maximum Gasteiger partial charge on any atom is 0.256 e. The van der Waals surface area contributed by atoms with Gasteiger partial charge in [0.25, 0.3) is 5.95 Å². The number of hydrogen-bond donors (Lipinski definition) is 1. The van der Waals surface area contributed by atoms with E-state index in [-0.39, 0.29) is 5.75 Å². The number of rotatable bonds is 4. The lowest BCUT2D eigenvalue weighted by atomic mass is 10.1. The molecule has 90 valence electrons. The van der Waals surface area contributed by atoms with Crippen LogP contribution in [0.1, 0.15) is 12.8 Å². The number of allylic oxidation sites excluding steroid dienone is 2. The van der Waals surface area contributed by atoms with Crippen LogP contribution in [-0.2, 0) is 0 Å². The van der Waals surface area contributed by atoms with Crippen LogP contribution in [0.25, 0.3) is 0 Å². The quantitative estimate of drug-likeness (QED) is 0.661. The van der Waals surface area contributed by atoms with Gasteiger partial charge in [0.2, 0.25) is 0 Å². The fourth-order valence-corrected chi connectivity index (χ4v) is 1.79. The third-order valence-electron chi connectivity index (χ3n) is 2.38. The van der Waals surface area contributed by atoms with Crippen molar-refractivity contribution >= 4 is 11.9 Å². The molecule has 2 rings (SSSR count). The van der Waals surface area contributed by atoms with E-state index in [0.29, 0.717) is 11.6 Å². The topological polar surface area (TPSA) is 48.1 Å². The Kier molecular flexibility index (Phi) is 4.17. The lowest BCUT2D eigenvalue weighted by Crippen LogP contribution is -2.04. The van der Waals surface area contributed by atoms with Crippen molar-refractivity contribution in [2.45, 2.75) is 17.9 Å². The molecular formula is C12H13FN2OS. The van der Waals surface area contributed by atoms with E-state index in [4.69, 9.17) is 9.88 Å². The Labute approximate surface area is 104 Å². The van der Waals surface area contributed by atoms with E-state index in [2.05, 4.69) is 17.1 Å². The number of nitrogens with zero attached hydrogens (tertiary/aromatic N) is 1. The molecule has 1 aromatic heterocycles. The lowest BCUT2D eigenvalue weighted by molar-refractivity contribution is 0.327. The molecule has 0 saturated heterocycles. The van der Waals surface area contributed by atoms with E-state index in [1.807, 2.05) is 6.08 Å². The minimum Gasteiger partial charge on any atom is -0.484 e. The van der Waals surface area contributed by atoms with Crippen molar-refractivity contribution < 1.29 is 9.13 Å². The molecule has 0 unspecified atom stereocenters. The van der Waals surface area contributed by atoms with E-state index in [1.165, 1.54) is 0 Å². The molecule has 0 atom stereocenters. The van der Waals surface area contributed by atoms with Gasteiger partial charge in [-0.2, -0.15) is 4.39 Å². The molecule has 3 nitrogen and oxygen atoms in total. The summed E-state index contributed by atoms with van der Waals surface area (Å²) in [5, 5.41) is 5.72. The zero-order valence-corrected chi connectivity index (χ0v) is 10.0. The fourth-order valence-electron chi connectivity index (χ4n) is 1.51. The zero-order valence-electron chi connectivity index (χ0n) is 9.23. The molecule has 0 amide bonds. The van der Waals surface area contributed by atoms with Gasteiger partial charge in [-0.15, -0.1) is 0 Å². The normalized spacial score (nSPS) is 14.6. The minimum atomic E-state index is -0.624. The van der Waals surface area contributed by atoms with Crippen LogP contribution in [0.2, 0.25) is 0 Å². The van der Waals surface area contributed by atoms with Crippen LogP contribution in [0.4, 0.5) is 4.39 Å². The maximum absolute atomic E-state index is 13.4. The number of halogens is 1. The van der Waals surface area contributed by atoms with Crippen molar-refractivity contribution in [2.24, 2.45) is 5.14 Å². The van der Waals surface area contributed by atoms with Gasteiger partial charge in [-0.25, -0.2) is 4.98 Å². The summed E-state index contributed by atoms with van der Waals surface area (Å²) in [5.74, 6) is -0.469. The Morgan fingerprint density at radius 2 is 2.29 bits per heavy atom. The highest BCUT2D eigenvalue weighted by Crippen LogP contribution is 2.20. The zero-order chi connectivity index (χ0) is 12.1. The summed E-state index contributed by atoms with van der Waals surface area (Å²) in [7, 11) is 0. The Morgan fingerprint density at radius 3 is 2.94 bits per heavy atom. The number of pyridine rings is 1. The van der Waals surface area contributed by atoms with Gasteiger partial charge in [0, 0.05) is 0 Å². The Bertz CT molecular complexity index is 460. The van der Waals surface area contributed by atoms with Crippen molar-refractivity contribution in [3.8, 4) is 5.75 Å². The largest absolute Gasteiger partial charge is 0.484 e. The van der Waals surface area contributed by atoms with Crippen LogP contribution in [0.15, 0.2) is 41.0 Å².